The number of hydrogen-bond acceptors (Lipinski definition) is 10. The van der Waals surface area contributed by atoms with Crippen molar-refractivity contribution >= 4 is 11.9 Å². The van der Waals surface area contributed by atoms with Gasteiger partial charge in [0.1, 0.15) is 43.7 Å². The maximum Gasteiger partial charge on any atom is 0.305 e. The fourth-order valence-electron chi connectivity index (χ4n) is 5.59. The second-order valence-corrected chi connectivity index (χ2v) is 10.9. The predicted octanol–water partition coefficient (Wildman–Crippen LogP) is 1.98. The van der Waals surface area contributed by atoms with Crippen LogP contribution in [0.2, 0.25) is 0 Å². The maximum absolute atomic E-state index is 12.2. The van der Waals surface area contributed by atoms with Gasteiger partial charge in [-0.2, -0.15) is 0 Å². The standard InChI is InChI=1S/C27H46O10/c28-15-20(16-34-22(29)13-11-18-7-3-1-4-8-18)36-27-26(33)25(32)24(31)21(37-27)17-35-23(30)14-12-19-9-5-2-6-10-19/h18-21,24-28,31-33H,1-17H2/t20?,21-,24+,25+,26-,27-/m1/s1. The number of aliphatic hydroxyl groups excluding tert-OH is 4. The Labute approximate surface area is 219 Å². The van der Waals surface area contributed by atoms with Crippen LogP contribution in [0.1, 0.15) is 89.9 Å². The molecule has 0 spiro atoms. The SMILES string of the molecule is O=C(CCC1CCCCC1)OCC(CO)O[C@@H]1O[C@H](COC(=O)CCC2CCCCC2)[C@H](O)[C@H](O)[C@H]1O. The van der Waals surface area contributed by atoms with Crippen molar-refractivity contribution in [3.8, 4) is 0 Å². The Balaban J connectivity index is 1.40. The number of ether oxygens (including phenoxy) is 4. The van der Waals surface area contributed by atoms with Crippen molar-refractivity contribution in [2.45, 2.75) is 127 Å². The van der Waals surface area contributed by atoms with Gasteiger partial charge in [-0.3, -0.25) is 9.59 Å². The fraction of sp³-hybridized carbons (Fsp3) is 0.926. The van der Waals surface area contributed by atoms with Gasteiger partial charge >= 0.3 is 11.9 Å². The van der Waals surface area contributed by atoms with Crippen molar-refractivity contribution in [1.29, 1.82) is 0 Å². The summed E-state index contributed by atoms with van der Waals surface area (Å²) in [6.45, 7) is -1.07. The topological polar surface area (TPSA) is 152 Å². The summed E-state index contributed by atoms with van der Waals surface area (Å²) in [5.74, 6) is 0.284. The van der Waals surface area contributed by atoms with Crippen LogP contribution < -0.4 is 0 Å². The molecule has 1 heterocycles. The van der Waals surface area contributed by atoms with E-state index in [0.29, 0.717) is 18.3 Å². The lowest BCUT2D eigenvalue weighted by molar-refractivity contribution is -0.315. The first-order chi connectivity index (χ1) is 17.9. The Hall–Kier alpha value is -1.30. The summed E-state index contributed by atoms with van der Waals surface area (Å²) in [4.78, 5) is 24.4. The van der Waals surface area contributed by atoms with Crippen molar-refractivity contribution in [2.75, 3.05) is 19.8 Å². The zero-order chi connectivity index (χ0) is 26.6. The second kappa shape index (κ2) is 16.0. The molecule has 10 heteroatoms. The summed E-state index contributed by atoms with van der Waals surface area (Å²) in [6, 6.07) is 0. The van der Waals surface area contributed by atoms with Crippen molar-refractivity contribution in [1.82, 2.24) is 0 Å². The van der Waals surface area contributed by atoms with Gasteiger partial charge in [0.2, 0.25) is 0 Å². The Morgan fingerprint density at radius 1 is 0.757 bits per heavy atom. The van der Waals surface area contributed by atoms with Crippen LogP contribution >= 0.6 is 0 Å². The molecule has 0 radical (unpaired) electrons. The molecule has 0 aromatic rings. The third-order valence-corrected chi connectivity index (χ3v) is 8.00. The highest BCUT2D eigenvalue weighted by Gasteiger charge is 2.45. The van der Waals surface area contributed by atoms with E-state index in [-0.39, 0.29) is 25.6 Å². The largest absolute Gasteiger partial charge is 0.463 e. The predicted molar refractivity (Wildman–Crippen MR) is 132 cm³/mol. The van der Waals surface area contributed by atoms with E-state index in [2.05, 4.69) is 0 Å². The summed E-state index contributed by atoms with van der Waals surface area (Å²) in [6.07, 6.45) is 5.67. The van der Waals surface area contributed by atoms with Crippen LogP contribution in [0.4, 0.5) is 0 Å². The zero-order valence-corrected chi connectivity index (χ0v) is 21.9. The average Bonchev–Trinajstić information content (AvgIpc) is 2.93. The van der Waals surface area contributed by atoms with Gasteiger partial charge in [-0.05, 0) is 24.7 Å². The number of carbonyl (C=O) groups excluding carboxylic acids is 2. The van der Waals surface area contributed by atoms with E-state index in [9.17, 15) is 30.0 Å². The highest BCUT2D eigenvalue weighted by molar-refractivity contribution is 5.69. The van der Waals surface area contributed by atoms with Crippen molar-refractivity contribution in [2.24, 2.45) is 11.8 Å². The van der Waals surface area contributed by atoms with Crippen LogP contribution in [0.25, 0.3) is 0 Å². The number of aliphatic hydroxyl groups is 4. The maximum atomic E-state index is 12.2. The summed E-state index contributed by atoms with van der Waals surface area (Å²) >= 11 is 0. The molecule has 3 aliphatic rings. The van der Waals surface area contributed by atoms with E-state index < -0.39 is 49.4 Å². The first kappa shape index (κ1) is 30.2. The molecule has 0 aromatic heterocycles. The molecule has 4 N–H and O–H groups in total. The van der Waals surface area contributed by atoms with E-state index in [1.54, 1.807) is 0 Å². The lowest BCUT2D eigenvalue weighted by Crippen LogP contribution is -2.60. The molecule has 1 aliphatic heterocycles. The minimum absolute atomic E-state index is 0.244. The van der Waals surface area contributed by atoms with E-state index in [1.165, 1.54) is 38.5 Å². The summed E-state index contributed by atoms with van der Waals surface area (Å²) in [5, 5.41) is 40.6. The Kier molecular flexibility index (Phi) is 13.0. The van der Waals surface area contributed by atoms with Crippen LogP contribution in [-0.2, 0) is 28.5 Å². The molecule has 10 nitrogen and oxygen atoms in total. The smallest absolute Gasteiger partial charge is 0.305 e. The average molecular weight is 531 g/mol. The number of rotatable bonds is 13. The van der Waals surface area contributed by atoms with Crippen molar-refractivity contribution < 1.29 is 49.0 Å². The third kappa shape index (κ3) is 10.1. The van der Waals surface area contributed by atoms with Crippen LogP contribution in [0.3, 0.4) is 0 Å². The summed E-state index contributed by atoms with van der Waals surface area (Å²) < 4.78 is 21.7. The van der Waals surface area contributed by atoms with Crippen molar-refractivity contribution in [3.05, 3.63) is 0 Å². The van der Waals surface area contributed by atoms with E-state index in [4.69, 9.17) is 18.9 Å². The van der Waals surface area contributed by atoms with Gasteiger partial charge < -0.3 is 39.4 Å². The molecular formula is C27H46O10. The molecule has 3 fully saturated rings. The number of carbonyl (C=O) groups is 2. The number of esters is 2. The zero-order valence-electron chi connectivity index (χ0n) is 21.9. The Morgan fingerprint density at radius 3 is 1.84 bits per heavy atom. The number of hydrogen-bond donors (Lipinski definition) is 4. The molecule has 0 bridgehead atoms. The molecule has 0 amide bonds. The molecule has 0 aromatic carbocycles. The van der Waals surface area contributed by atoms with Gasteiger partial charge in [0.25, 0.3) is 0 Å². The molecule has 2 saturated carbocycles. The van der Waals surface area contributed by atoms with E-state index >= 15 is 0 Å². The molecular weight excluding hydrogens is 484 g/mol. The third-order valence-electron chi connectivity index (χ3n) is 8.00. The van der Waals surface area contributed by atoms with Gasteiger partial charge in [0.05, 0.1) is 6.61 Å². The Morgan fingerprint density at radius 2 is 1.30 bits per heavy atom. The van der Waals surface area contributed by atoms with Gasteiger partial charge in [0, 0.05) is 12.8 Å². The second-order valence-electron chi connectivity index (χ2n) is 10.9. The molecule has 6 atom stereocenters. The lowest BCUT2D eigenvalue weighted by Gasteiger charge is -2.40. The first-order valence-electron chi connectivity index (χ1n) is 14.1. The highest BCUT2D eigenvalue weighted by Crippen LogP contribution is 2.29. The molecule has 1 unspecified atom stereocenters. The van der Waals surface area contributed by atoms with Crippen LogP contribution in [0.5, 0.6) is 0 Å². The van der Waals surface area contributed by atoms with E-state index in [1.807, 2.05) is 0 Å². The van der Waals surface area contributed by atoms with Crippen LogP contribution in [-0.4, -0.2) is 89.0 Å². The van der Waals surface area contributed by atoms with Gasteiger partial charge in [-0.1, -0.05) is 64.2 Å². The van der Waals surface area contributed by atoms with Crippen LogP contribution in [0, 0.1) is 11.8 Å². The highest BCUT2D eigenvalue weighted by atomic mass is 16.7. The Bertz CT molecular complexity index is 674. The lowest BCUT2D eigenvalue weighted by atomic mass is 9.86. The van der Waals surface area contributed by atoms with Gasteiger partial charge in [-0.25, -0.2) is 0 Å². The minimum atomic E-state index is -1.61. The van der Waals surface area contributed by atoms with E-state index in [0.717, 1.165) is 38.5 Å². The first-order valence-corrected chi connectivity index (χ1v) is 14.1. The minimum Gasteiger partial charge on any atom is -0.463 e. The monoisotopic (exact) mass is 530 g/mol. The van der Waals surface area contributed by atoms with Gasteiger partial charge in [-0.15, -0.1) is 0 Å². The molecule has 214 valence electrons. The molecule has 2 aliphatic carbocycles. The molecule has 1 saturated heterocycles. The summed E-state index contributed by atoms with van der Waals surface area (Å²) in [5.41, 5.74) is 0. The van der Waals surface area contributed by atoms with Crippen LogP contribution in [0.15, 0.2) is 0 Å². The summed E-state index contributed by atoms with van der Waals surface area (Å²) in [7, 11) is 0. The normalized spacial score (nSPS) is 30.5. The fourth-order valence-corrected chi connectivity index (χ4v) is 5.59. The van der Waals surface area contributed by atoms with Gasteiger partial charge in [0.15, 0.2) is 6.29 Å². The quantitative estimate of drug-likeness (QED) is 0.260. The molecule has 3 rings (SSSR count). The molecule has 37 heavy (non-hydrogen) atoms. The van der Waals surface area contributed by atoms with Crippen molar-refractivity contribution in [3.63, 3.8) is 0 Å².